The van der Waals surface area contributed by atoms with Crippen LogP contribution in [0.1, 0.15) is 0 Å². The summed E-state index contributed by atoms with van der Waals surface area (Å²) in [6.07, 6.45) is 0. The van der Waals surface area contributed by atoms with Crippen molar-refractivity contribution in [1.29, 1.82) is 0 Å². The van der Waals surface area contributed by atoms with Crippen LogP contribution in [0.15, 0.2) is 8.20 Å². The summed E-state index contributed by atoms with van der Waals surface area (Å²) < 4.78 is 5.61. The number of amidine groups is 1. The molecule has 0 aromatic heterocycles. The smallest absolute Gasteiger partial charge is 0.177 e. The van der Waals surface area contributed by atoms with Gasteiger partial charge in [-0.2, -0.15) is 0 Å². The first kappa shape index (κ1) is 6.15. The van der Waals surface area contributed by atoms with Gasteiger partial charge in [0.2, 0.25) is 0 Å². The molecule has 0 spiro atoms. The molecule has 0 aromatic carbocycles. The van der Waals surface area contributed by atoms with E-state index in [1.807, 2.05) is 0 Å². The predicted molar refractivity (Wildman–Crippen MR) is 45.0 cm³/mol. The number of rotatable bonds is 0. The molecule has 0 saturated heterocycles. The molecule has 1 heterocycles. The van der Waals surface area contributed by atoms with E-state index in [4.69, 9.17) is 17.3 Å². The van der Waals surface area contributed by atoms with Crippen molar-refractivity contribution in [2.45, 2.75) is 0 Å². The Kier molecular flexibility index (Phi) is 1.95. The summed E-state index contributed by atoms with van der Waals surface area (Å²) in [7, 11) is 0. The molecular weight excluding hydrogens is 240 g/mol. The van der Waals surface area contributed by atoms with Crippen LogP contribution in [-0.2, 0) is 0 Å². The van der Waals surface area contributed by atoms with E-state index < -0.39 is 0 Å². The summed E-state index contributed by atoms with van der Waals surface area (Å²) in [5.41, 5.74) is 5.25. The number of nitrogens with two attached hydrogens (primary N) is 1. The Morgan fingerprint density at radius 2 is 2.50 bits per heavy atom. The monoisotopic (exact) mass is 243 g/mol. The molecule has 0 bridgehead atoms. The predicted octanol–water partition coefficient (Wildman–Crippen LogP) is 0.640. The maximum atomic E-state index is 5.47. The highest BCUT2D eigenvalue weighted by molar-refractivity contribution is 14.2. The highest BCUT2D eigenvalue weighted by Crippen LogP contribution is 2.04. The molecule has 0 aliphatic carbocycles. The molecule has 1 aliphatic heterocycles. The number of aliphatic imine (C=N–C) groups is 1. The van der Waals surface area contributed by atoms with Crippen molar-refractivity contribution in [3.63, 3.8) is 0 Å². The third-order valence-electron chi connectivity index (χ3n) is 0.566. The normalized spacial score (nSPS) is 18.6. The van der Waals surface area contributed by atoms with Gasteiger partial charge in [0.25, 0.3) is 0 Å². The van der Waals surface area contributed by atoms with E-state index in [1.54, 1.807) is 4.14 Å². The Morgan fingerprint density at radius 1 is 1.75 bits per heavy atom. The van der Waals surface area contributed by atoms with Gasteiger partial charge in [-0.15, -0.1) is 0 Å². The van der Waals surface area contributed by atoms with Crippen molar-refractivity contribution >= 4 is 47.7 Å². The molecule has 0 amide bonds. The van der Waals surface area contributed by atoms with Gasteiger partial charge in [-0.1, -0.05) is 11.6 Å². The van der Waals surface area contributed by atoms with Crippen LogP contribution >= 0.6 is 32.6 Å². The summed E-state index contributed by atoms with van der Waals surface area (Å²) in [5.74, 6) is 0.331. The van der Waals surface area contributed by atoms with Crippen molar-refractivity contribution in [2.75, 3.05) is 0 Å². The maximum absolute atomic E-state index is 5.47. The van der Waals surface area contributed by atoms with Crippen LogP contribution in [-0.4, -0.2) is 15.1 Å². The molecule has 0 saturated carbocycles. The van der Waals surface area contributed by atoms with Crippen LogP contribution in [0.2, 0.25) is 0 Å². The Hall–Kier alpha value is 0.0300. The molecule has 0 aromatic rings. The van der Waals surface area contributed by atoms with E-state index >= 15 is 0 Å². The number of nitrogens with zero attached hydrogens (tertiary/aromatic N) is 2. The molecule has 0 radical (unpaired) electrons. The first-order valence-corrected chi connectivity index (χ1v) is 4.41. The van der Waals surface area contributed by atoms with Crippen LogP contribution in [0.5, 0.6) is 0 Å². The topological polar surface area (TPSA) is 50.7 Å². The molecule has 8 heavy (non-hydrogen) atoms. The van der Waals surface area contributed by atoms with Gasteiger partial charge in [-0.05, 0) is 0 Å². The van der Waals surface area contributed by atoms with Crippen LogP contribution in [0.4, 0.5) is 0 Å². The van der Waals surface area contributed by atoms with E-state index in [2.05, 4.69) is 8.20 Å². The molecule has 0 unspecified atom stereocenters. The van der Waals surface area contributed by atoms with Gasteiger partial charge < -0.3 is 5.73 Å². The van der Waals surface area contributed by atoms with E-state index in [0.717, 1.165) is 0 Å². The largest absolute Gasteiger partial charge is 0.381 e. The zero-order valence-corrected chi connectivity index (χ0v) is 6.72. The average Bonchev–Trinajstić information content (AvgIpc) is 1.77. The first-order valence-electron chi connectivity index (χ1n) is 1.82. The van der Waals surface area contributed by atoms with Crippen LogP contribution < -0.4 is 5.73 Å². The zero-order chi connectivity index (χ0) is 5.98. The lowest BCUT2D eigenvalue weighted by Gasteiger charge is -1.94. The lowest BCUT2D eigenvalue weighted by molar-refractivity contribution is 1.68. The van der Waals surface area contributed by atoms with E-state index in [1.165, 1.54) is 0 Å². The summed E-state index contributed by atoms with van der Waals surface area (Å²) in [4.78, 5) is 3.77. The van der Waals surface area contributed by atoms with Crippen LogP contribution in [0, 0.1) is 0 Å². The standard InChI is InChI=1S/C3H3ClIN3/c4-2-3(6)7-1-5-8-2/h1H,(H2,6,7). The minimum atomic E-state index is -0.289. The highest BCUT2D eigenvalue weighted by Gasteiger charge is 1.99. The molecule has 44 valence electrons. The molecular formula is C3H3ClIN3. The second-order valence-corrected chi connectivity index (χ2v) is 3.04. The van der Waals surface area contributed by atoms with Crippen molar-refractivity contribution in [3.8, 4) is 0 Å². The van der Waals surface area contributed by atoms with Crippen LogP contribution in [0.3, 0.4) is 0 Å². The Bertz CT molecular complexity index is 163. The fourth-order valence-corrected chi connectivity index (χ4v) is 1.57. The van der Waals surface area contributed by atoms with Gasteiger partial charge in [0.15, 0.2) is 11.0 Å². The van der Waals surface area contributed by atoms with Gasteiger partial charge in [-0.3, -0.25) is 0 Å². The van der Waals surface area contributed by atoms with Crippen molar-refractivity contribution in [3.05, 3.63) is 0 Å². The minimum Gasteiger partial charge on any atom is -0.381 e. The molecule has 3 nitrogen and oxygen atoms in total. The summed E-state index contributed by atoms with van der Waals surface area (Å²) in [5, 5.41) is 0.361. The van der Waals surface area contributed by atoms with Gasteiger partial charge in [0.05, 0.1) is 4.14 Å². The fraction of sp³-hybridized carbons (Fsp3) is 0. The summed E-state index contributed by atoms with van der Waals surface area (Å²) in [6, 6.07) is 0. The molecule has 0 fully saturated rings. The number of halogens is 2. The quantitative estimate of drug-likeness (QED) is 0.624. The minimum absolute atomic E-state index is 0.289. The van der Waals surface area contributed by atoms with Crippen molar-refractivity contribution < 1.29 is 0 Å². The first-order chi connectivity index (χ1) is 3.80. The van der Waals surface area contributed by atoms with Gasteiger partial charge in [-0.25, -0.2) is 8.20 Å². The molecule has 1 rings (SSSR count). The van der Waals surface area contributed by atoms with E-state index in [0.29, 0.717) is 11.0 Å². The summed E-state index contributed by atoms with van der Waals surface area (Å²) in [6.45, 7) is 0. The van der Waals surface area contributed by atoms with Crippen LogP contribution in [0.25, 0.3) is 0 Å². The molecule has 1 aliphatic rings. The summed E-state index contributed by atoms with van der Waals surface area (Å²) >= 11 is 5.18. The lowest BCUT2D eigenvalue weighted by atomic mass is 10.7. The highest BCUT2D eigenvalue weighted by atomic mass is 127. The van der Waals surface area contributed by atoms with Crippen molar-refractivity contribution in [1.82, 2.24) is 0 Å². The Balaban J connectivity index is 2.93. The maximum Gasteiger partial charge on any atom is 0.177 e. The van der Waals surface area contributed by atoms with E-state index in [-0.39, 0.29) is 21.0 Å². The number of hydrogen-bond acceptors (Lipinski definition) is 3. The molecule has 5 heteroatoms. The van der Waals surface area contributed by atoms with Crippen molar-refractivity contribution in [2.24, 2.45) is 13.9 Å². The fourth-order valence-electron chi connectivity index (χ4n) is 0.236. The SMILES string of the molecule is NC1=NC=IN=C1Cl. The Labute approximate surface area is 61.7 Å². The number of hydrogen-bond donors (Lipinski definition) is 1. The molecule has 0 atom stereocenters. The molecule has 2 N–H and O–H groups in total. The zero-order valence-electron chi connectivity index (χ0n) is 3.81. The van der Waals surface area contributed by atoms with Gasteiger partial charge in [0.1, 0.15) is 0 Å². The Morgan fingerprint density at radius 3 is 2.88 bits per heavy atom. The lowest BCUT2D eigenvalue weighted by Crippen LogP contribution is -2.19. The second kappa shape index (κ2) is 2.54. The third kappa shape index (κ3) is 1.25. The third-order valence-corrected chi connectivity index (χ3v) is 2.42. The van der Waals surface area contributed by atoms with E-state index in [9.17, 15) is 0 Å². The van der Waals surface area contributed by atoms with Gasteiger partial charge >= 0.3 is 0 Å². The average molecular weight is 243 g/mol. The second-order valence-electron chi connectivity index (χ2n) is 1.08. The van der Waals surface area contributed by atoms with Gasteiger partial charge in [0, 0.05) is 21.0 Å².